The number of aryl methyl sites for hydroxylation is 2. The highest BCUT2D eigenvalue weighted by Crippen LogP contribution is 2.32. The topological polar surface area (TPSA) is 117 Å². The number of aromatic nitrogens is 2. The first-order chi connectivity index (χ1) is 16.0. The first kappa shape index (κ1) is 25.5. The molecule has 0 atom stereocenters. The van der Waals surface area contributed by atoms with Gasteiger partial charge in [-0.2, -0.15) is 18.1 Å². The number of ether oxygens (including phenoxy) is 1. The molecule has 0 spiro atoms. The van der Waals surface area contributed by atoms with Gasteiger partial charge in [-0.1, -0.05) is 18.5 Å². The summed E-state index contributed by atoms with van der Waals surface area (Å²) in [5.41, 5.74) is 5.67. The van der Waals surface area contributed by atoms with Gasteiger partial charge in [-0.3, -0.25) is 4.72 Å². The van der Waals surface area contributed by atoms with E-state index in [2.05, 4.69) is 30.0 Å². The second-order valence-corrected chi connectivity index (χ2v) is 9.70. The monoisotopic (exact) mass is 504 g/mol. The lowest BCUT2D eigenvalue weighted by atomic mass is 10.1. The molecule has 3 aromatic rings. The molecule has 0 saturated heterocycles. The number of nitrogens with one attached hydrogen (secondary N) is 4. The van der Waals surface area contributed by atoms with Gasteiger partial charge >= 0.3 is 0 Å². The number of halogens is 1. The van der Waals surface area contributed by atoms with Crippen molar-refractivity contribution in [2.45, 2.75) is 34.6 Å². The van der Waals surface area contributed by atoms with Gasteiger partial charge in [0.25, 0.3) is 10.2 Å². The molecule has 34 heavy (non-hydrogen) atoms. The molecule has 0 unspecified atom stereocenters. The summed E-state index contributed by atoms with van der Waals surface area (Å²) in [5.74, 6) is 1.64. The van der Waals surface area contributed by atoms with Crippen LogP contribution in [0.15, 0.2) is 30.5 Å². The van der Waals surface area contributed by atoms with Crippen LogP contribution in [0.3, 0.4) is 0 Å². The highest BCUT2D eigenvalue weighted by Gasteiger charge is 2.15. The SMILES string of the molecule is CCNS(=O)(=O)Nc1ccc(Nc2nc(Nc3cc(C)c(OC)c(C)c3)ncc2Cl)c(C)c1C. The number of nitrogens with zero attached hydrogens (tertiary/aromatic N) is 2. The van der Waals surface area contributed by atoms with Gasteiger partial charge in [-0.05, 0) is 74.2 Å². The van der Waals surface area contributed by atoms with Crippen LogP contribution in [0, 0.1) is 27.7 Å². The Bertz CT molecular complexity index is 1290. The lowest BCUT2D eigenvalue weighted by Gasteiger charge is -2.17. The molecular weight excluding hydrogens is 476 g/mol. The fourth-order valence-electron chi connectivity index (χ4n) is 3.55. The standard InChI is InChI=1S/C23H29ClN6O3S/c1-7-26-34(31,32)30-20-9-8-19(15(4)16(20)5)28-22-18(24)12-25-23(29-22)27-17-10-13(2)21(33-6)14(3)11-17/h8-12,26,30H,7H2,1-6H3,(H2,25,27,28,29). The lowest BCUT2D eigenvalue weighted by Crippen LogP contribution is -2.30. The summed E-state index contributed by atoms with van der Waals surface area (Å²) in [7, 11) is -1.98. The van der Waals surface area contributed by atoms with Gasteiger partial charge in [0.2, 0.25) is 5.95 Å². The number of anilines is 5. The third-order valence-electron chi connectivity index (χ3n) is 5.28. The highest BCUT2D eigenvalue weighted by molar-refractivity contribution is 7.90. The van der Waals surface area contributed by atoms with Crippen LogP contribution < -0.4 is 24.8 Å². The van der Waals surface area contributed by atoms with Crippen molar-refractivity contribution >= 4 is 50.6 Å². The molecule has 0 bridgehead atoms. The Morgan fingerprint density at radius 3 is 2.24 bits per heavy atom. The molecule has 0 fully saturated rings. The normalized spacial score (nSPS) is 11.3. The minimum absolute atomic E-state index is 0.297. The van der Waals surface area contributed by atoms with Gasteiger partial charge in [0.1, 0.15) is 10.8 Å². The van der Waals surface area contributed by atoms with Gasteiger partial charge in [0.05, 0.1) is 19.0 Å². The Hall–Kier alpha value is -3.08. The number of hydrogen-bond acceptors (Lipinski definition) is 7. The maximum atomic E-state index is 12.1. The van der Waals surface area contributed by atoms with Crippen LogP contribution in [0.25, 0.3) is 0 Å². The second kappa shape index (κ2) is 10.5. The minimum Gasteiger partial charge on any atom is -0.496 e. The summed E-state index contributed by atoms with van der Waals surface area (Å²) in [4.78, 5) is 8.80. The molecule has 9 nitrogen and oxygen atoms in total. The molecule has 0 amide bonds. The first-order valence-corrected chi connectivity index (χ1v) is 12.5. The summed E-state index contributed by atoms with van der Waals surface area (Å²) in [6.45, 7) is 9.69. The number of methoxy groups -OCH3 is 1. The average Bonchev–Trinajstić information content (AvgIpc) is 2.75. The molecular formula is C23H29ClN6O3S. The van der Waals surface area contributed by atoms with Gasteiger partial charge < -0.3 is 15.4 Å². The van der Waals surface area contributed by atoms with Crippen molar-refractivity contribution in [1.82, 2.24) is 14.7 Å². The smallest absolute Gasteiger partial charge is 0.299 e. The summed E-state index contributed by atoms with van der Waals surface area (Å²) < 4.78 is 34.5. The van der Waals surface area contributed by atoms with Gasteiger partial charge in [-0.15, -0.1) is 0 Å². The van der Waals surface area contributed by atoms with Crippen molar-refractivity contribution < 1.29 is 13.2 Å². The second-order valence-electron chi connectivity index (χ2n) is 7.80. The Morgan fingerprint density at radius 2 is 1.62 bits per heavy atom. The Morgan fingerprint density at radius 1 is 1.00 bits per heavy atom. The Labute approximate surface area is 205 Å². The van der Waals surface area contributed by atoms with Crippen LogP contribution in [0.5, 0.6) is 5.75 Å². The molecule has 0 saturated carbocycles. The van der Waals surface area contributed by atoms with Gasteiger partial charge in [0, 0.05) is 17.9 Å². The molecule has 3 rings (SSSR count). The quantitative estimate of drug-likeness (QED) is 0.319. The van der Waals surface area contributed by atoms with Crippen LogP contribution in [0.1, 0.15) is 29.2 Å². The molecule has 1 aromatic heterocycles. The molecule has 1 heterocycles. The first-order valence-electron chi connectivity index (χ1n) is 10.6. The van der Waals surface area contributed by atoms with Crippen LogP contribution in [-0.4, -0.2) is 32.0 Å². The maximum Gasteiger partial charge on any atom is 0.299 e. The summed E-state index contributed by atoms with van der Waals surface area (Å²) >= 11 is 6.35. The van der Waals surface area contributed by atoms with Crippen molar-refractivity contribution in [3.05, 3.63) is 57.7 Å². The van der Waals surface area contributed by atoms with E-state index in [0.29, 0.717) is 29.0 Å². The van der Waals surface area contributed by atoms with Crippen molar-refractivity contribution in [2.24, 2.45) is 0 Å². The molecule has 0 aliphatic carbocycles. The molecule has 0 aliphatic rings. The van der Waals surface area contributed by atoms with Gasteiger partial charge in [0.15, 0.2) is 5.82 Å². The van der Waals surface area contributed by atoms with E-state index in [0.717, 1.165) is 39.4 Å². The lowest BCUT2D eigenvalue weighted by molar-refractivity contribution is 0.408. The van der Waals surface area contributed by atoms with E-state index >= 15 is 0 Å². The van der Waals surface area contributed by atoms with E-state index in [-0.39, 0.29) is 0 Å². The van der Waals surface area contributed by atoms with E-state index < -0.39 is 10.2 Å². The molecule has 0 aliphatic heterocycles. The number of rotatable bonds is 9. The highest BCUT2D eigenvalue weighted by atomic mass is 35.5. The number of benzene rings is 2. The van der Waals surface area contributed by atoms with E-state index in [1.54, 1.807) is 26.2 Å². The number of hydrogen-bond donors (Lipinski definition) is 4. The Kier molecular flexibility index (Phi) is 7.86. The summed E-state index contributed by atoms with van der Waals surface area (Å²) in [5, 5.41) is 6.78. The van der Waals surface area contributed by atoms with Crippen molar-refractivity contribution in [1.29, 1.82) is 0 Å². The average molecular weight is 505 g/mol. The zero-order valence-electron chi connectivity index (χ0n) is 20.0. The van der Waals surface area contributed by atoms with Gasteiger partial charge in [-0.25, -0.2) is 4.98 Å². The van der Waals surface area contributed by atoms with E-state index in [9.17, 15) is 8.42 Å². The van der Waals surface area contributed by atoms with Crippen molar-refractivity contribution in [3.63, 3.8) is 0 Å². The van der Waals surface area contributed by atoms with Crippen molar-refractivity contribution in [2.75, 3.05) is 29.0 Å². The largest absolute Gasteiger partial charge is 0.496 e. The van der Waals surface area contributed by atoms with E-state index in [1.165, 1.54) is 6.20 Å². The minimum atomic E-state index is -3.63. The molecule has 4 N–H and O–H groups in total. The van der Waals surface area contributed by atoms with Crippen LogP contribution >= 0.6 is 11.6 Å². The summed E-state index contributed by atoms with van der Waals surface area (Å²) in [6, 6.07) is 7.37. The Balaban J connectivity index is 1.85. The zero-order valence-corrected chi connectivity index (χ0v) is 21.6. The molecule has 182 valence electrons. The summed E-state index contributed by atoms with van der Waals surface area (Å²) in [6.07, 6.45) is 1.52. The fourth-order valence-corrected chi connectivity index (χ4v) is 4.65. The third-order valence-corrected chi connectivity index (χ3v) is 6.72. The predicted molar refractivity (Wildman–Crippen MR) is 138 cm³/mol. The van der Waals surface area contributed by atoms with Crippen LogP contribution in [-0.2, 0) is 10.2 Å². The molecule has 0 radical (unpaired) electrons. The van der Waals surface area contributed by atoms with Crippen LogP contribution in [0.2, 0.25) is 5.02 Å². The zero-order chi connectivity index (χ0) is 25.0. The fraction of sp³-hybridized carbons (Fsp3) is 0.304. The molecule has 11 heteroatoms. The maximum absolute atomic E-state index is 12.1. The van der Waals surface area contributed by atoms with Crippen molar-refractivity contribution in [3.8, 4) is 5.75 Å². The predicted octanol–water partition coefficient (Wildman–Crippen LogP) is 5.13. The van der Waals surface area contributed by atoms with E-state index in [1.807, 2.05) is 39.8 Å². The van der Waals surface area contributed by atoms with E-state index in [4.69, 9.17) is 16.3 Å². The van der Waals surface area contributed by atoms with Crippen LogP contribution in [0.4, 0.5) is 28.8 Å². The molecule has 2 aromatic carbocycles. The third kappa shape index (κ3) is 5.88.